The number of benzene rings is 15. The van der Waals surface area contributed by atoms with Crippen LogP contribution in [0.25, 0.3) is 10.8 Å². The molecule has 0 aliphatic carbocycles. The predicted molar refractivity (Wildman–Crippen MR) is 595 cm³/mol. The summed E-state index contributed by atoms with van der Waals surface area (Å²) in [6.45, 7) is 2.52. The Morgan fingerprint density at radius 3 is 1.10 bits per heavy atom. The summed E-state index contributed by atoms with van der Waals surface area (Å²) in [6, 6.07) is 80.8. The van der Waals surface area contributed by atoms with Gasteiger partial charge in [0.25, 0.3) is 23.6 Å². The number of thiocarbonyl (C=S) groups is 3. The number of fused-ring (bicyclic) bond motifs is 1. The van der Waals surface area contributed by atoms with E-state index >= 15 is 0 Å². The van der Waals surface area contributed by atoms with Gasteiger partial charge >= 0.3 is 12.4 Å². The van der Waals surface area contributed by atoms with Crippen LogP contribution >= 0.6 is 176 Å². The molecule has 0 atom stereocenters. The molecule has 146 heavy (non-hydrogen) atoms. The first-order valence-electron chi connectivity index (χ1n) is 43.6. The number of nitrogens with zero attached hydrogens (tertiary/aromatic N) is 1. The predicted octanol–water partition coefficient (Wildman–Crippen LogP) is 33.9. The van der Waals surface area contributed by atoms with Crippen molar-refractivity contribution in [3.63, 3.8) is 0 Å². The monoisotopic (exact) mass is 2260 g/mol. The summed E-state index contributed by atoms with van der Waals surface area (Å²) in [7, 11) is 1.59. The minimum atomic E-state index is -4.63. The number of alkyl halides is 6. The number of ether oxygens (including phenoxy) is 4. The zero-order chi connectivity index (χ0) is 104. The van der Waals surface area contributed by atoms with E-state index in [9.17, 15) is 45.5 Å². The van der Waals surface area contributed by atoms with E-state index in [2.05, 4.69) is 64.1 Å². The number of hydrogen-bond donors (Lipinski definition) is 10. The number of methoxy groups -OCH3 is 1. The van der Waals surface area contributed by atoms with Crippen molar-refractivity contribution in [1.29, 1.82) is 0 Å². The maximum absolute atomic E-state index is 13.2. The fourth-order valence-corrected chi connectivity index (χ4v) is 17.6. The van der Waals surface area contributed by atoms with E-state index in [1.807, 2.05) is 103 Å². The molecule has 0 aromatic heterocycles. The Kier molecular flexibility index (Phi) is 39.6. The molecule has 0 radical (unpaired) electrons. The first kappa shape index (κ1) is 111. The minimum Gasteiger partial charge on any atom is -0.496 e. The zero-order valence-corrected chi connectivity index (χ0v) is 87.3. The number of anilines is 11. The van der Waals surface area contributed by atoms with Crippen LogP contribution in [0, 0.1) is 0 Å². The van der Waals surface area contributed by atoms with Gasteiger partial charge in [0.05, 0.1) is 49.7 Å². The maximum atomic E-state index is 13.2. The summed E-state index contributed by atoms with van der Waals surface area (Å²) >= 11 is 89.0. The van der Waals surface area contributed by atoms with Gasteiger partial charge in [-0.15, -0.1) is 0 Å². The number of amides is 4. The van der Waals surface area contributed by atoms with Crippen molar-refractivity contribution >= 4 is 288 Å². The second-order valence-electron chi connectivity index (χ2n) is 31.9. The molecule has 1 heterocycles. The second kappa shape index (κ2) is 52.3. The Morgan fingerprint density at radius 2 is 0.664 bits per heavy atom. The molecule has 40 heteroatoms. The Labute approximate surface area is 911 Å². The quantitative estimate of drug-likeness (QED) is 0.0189. The number of hydrogen-bond acceptors (Lipinski definition) is 12. The van der Waals surface area contributed by atoms with E-state index in [1.54, 1.807) is 116 Å². The maximum Gasteiger partial charge on any atom is 0.416 e. The van der Waals surface area contributed by atoms with Crippen LogP contribution < -0.4 is 77.0 Å². The van der Waals surface area contributed by atoms with Gasteiger partial charge in [-0.25, -0.2) is 0 Å². The standard InChI is InChI=1S/C33H22F6N2O3.C27H18Cl4N2O3.C25H23Cl4N5S2.C21H16Cl4N2O2S/c34-32(35,36)25-7-3-9-27(17-25)40-30(42)23-14-24(31(43)41-28-10-4-8-26(18-28)33(37,38)39)16-29(15-23)44-19-20-11-12-21-5-1-2-6-22(21)13-20;28-22-8-6-19(13-24(22)30)32-26(34)17-10-18(27(35)33-20-7-9-23(29)25(31)14-20)12-21(11-17)36-15-16-4-2-1-3-5-16;26-15-8-16(27)11-20(10-15)31-24(35)30-19-4-5-23(34-6-2-1-3-7-34)22(14-19)33-25(36)32-21-12-17(28)9-18(29)13-21;1-28-20-3-2-17(26-21(30)27-18-7-13(22)5-14(23)8-18)4-12(20)11-29-19-9-15(24)6-16(25)10-19/h1-18H,19H2,(H,40,42)(H,41,43);1-14H,15H2,(H,32,34)(H,33,35);4-5,8-14H,1-3,6-7H2,(H2,30,31,35)(H2,32,33,36);2-10H,11H2,1H3,(H2,26,27,30). The van der Waals surface area contributed by atoms with Crippen molar-refractivity contribution in [1.82, 2.24) is 0 Å². The van der Waals surface area contributed by atoms with Crippen molar-refractivity contribution in [2.24, 2.45) is 0 Å². The number of halogens is 18. The summed E-state index contributed by atoms with van der Waals surface area (Å²) in [5, 5.41) is 37.9. The Balaban J connectivity index is 0.000000164. The van der Waals surface area contributed by atoms with E-state index in [4.69, 9.17) is 195 Å². The molecular formula is C106H79Cl12F6N11O8S3. The fourth-order valence-electron chi connectivity index (χ4n) is 14.2. The normalized spacial score (nSPS) is 11.5. The minimum absolute atomic E-state index is 0.0399. The molecule has 10 N–H and O–H groups in total. The highest BCUT2D eigenvalue weighted by Gasteiger charge is 2.33. The van der Waals surface area contributed by atoms with Crippen LogP contribution in [0.5, 0.6) is 23.0 Å². The molecule has 0 bridgehead atoms. The van der Waals surface area contributed by atoms with E-state index in [0.29, 0.717) is 121 Å². The number of carbonyl (C=O) groups excluding carboxylic acids is 4. The molecule has 0 saturated carbocycles. The highest BCUT2D eigenvalue weighted by Crippen LogP contribution is 2.39. The molecule has 16 rings (SSSR count). The van der Waals surface area contributed by atoms with Gasteiger partial charge < -0.3 is 77.0 Å². The van der Waals surface area contributed by atoms with Gasteiger partial charge in [0.15, 0.2) is 15.3 Å². The molecule has 15 aromatic rings. The number of nitrogens with one attached hydrogen (secondary N) is 10. The number of carbonyl (C=O) groups is 4. The molecule has 1 aliphatic rings. The summed E-state index contributed by atoms with van der Waals surface area (Å²) in [6.07, 6.45) is -5.72. The number of piperidine rings is 1. The Bertz CT molecular complexity index is 7100. The van der Waals surface area contributed by atoms with Gasteiger partial charge in [-0.1, -0.05) is 218 Å². The van der Waals surface area contributed by atoms with E-state index in [1.165, 1.54) is 48.9 Å². The largest absolute Gasteiger partial charge is 0.496 e. The van der Waals surface area contributed by atoms with E-state index < -0.39 is 47.1 Å². The van der Waals surface area contributed by atoms with Gasteiger partial charge in [0.1, 0.15) is 42.8 Å². The molecule has 1 saturated heterocycles. The Morgan fingerprint density at radius 1 is 0.301 bits per heavy atom. The molecular weight excluding hydrogens is 2190 g/mol. The van der Waals surface area contributed by atoms with E-state index in [-0.39, 0.29) is 59.2 Å². The highest BCUT2D eigenvalue weighted by molar-refractivity contribution is 7.81. The third-order valence-electron chi connectivity index (χ3n) is 20.9. The molecule has 1 aliphatic heterocycles. The lowest BCUT2D eigenvalue weighted by Crippen LogP contribution is -2.31. The number of rotatable bonds is 25. The van der Waals surface area contributed by atoms with Crippen LogP contribution in [0.3, 0.4) is 0 Å². The SMILES string of the molecule is COc1ccc(NC(=S)Nc2cc(Cl)cc(Cl)c2)cc1COc1cc(Cl)cc(Cl)c1.O=C(Nc1ccc(Cl)c(Cl)c1)c1cc(OCc2ccccc2)cc(C(=O)Nc2ccc(Cl)c(Cl)c2)c1.O=C(Nc1cccc(C(F)(F)F)c1)c1cc(OCc2ccc3ccccc3c2)cc(C(=O)Nc2cccc(C(F)(F)F)c2)c1.S=C(Nc1cc(Cl)cc(Cl)c1)Nc1ccc(N2CCCCC2)c(NC(=S)Nc2cc(Cl)cc(Cl)c2)c1. The lowest BCUT2D eigenvalue weighted by atomic mass is 10.1. The smallest absolute Gasteiger partial charge is 0.416 e. The van der Waals surface area contributed by atoms with Crippen molar-refractivity contribution in [3.05, 3.63) is 414 Å². The van der Waals surface area contributed by atoms with Gasteiger partial charge in [0.2, 0.25) is 0 Å². The molecule has 0 unspecified atom stereocenters. The van der Waals surface area contributed by atoms with Gasteiger partial charge in [-0.3, -0.25) is 19.2 Å². The summed E-state index contributed by atoms with van der Waals surface area (Å²) in [5.41, 5.74) is 6.91. The van der Waals surface area contributed by atoms with Crippen LogP contribution in [0.2, 0.25) is 60.3 Å². The van der Waals surface area contributed by atoms with Gasteiger partial charge in [-0.2, -0.15) is 26.3 Å². The fraction of sp³-hybridized carbons (Fsp3) is 0.104. The van der Waals surface area contributed by atoms with Crippen LogP contribution in [0.1, 0.15) is 88.5 Å². The lowest BCUT2D eigenvalue weighted by Gasteiger charge is -2.31. The molecule has 4 amide bonds. The lowest BCUT2D eigenvalue weighted by molar-refractivity contribution is -0.138. The molecule has 15 aromatic carbocycles. The van der Waals surface area contributed by atoms with Crippen molar-refractivity contribution in [2.45, 2.75) is 51.4 Å². The van der Waals surface area contributed by atoms with Crippen LogP contribution in [0.15, 0.2) is 303 Å². The first-order chi connectivity index (χ1) is 69.7. The van der Waals surface area contributed by atoms with Crippen molar-refractivity contribution in [2.75, 3.05) is 78.3 Å². The molecule has 1 fully saturated rings. The van der Waals surface area contributed by atoms with Crippen molar-refractivity contribution < 1.29 is 64.5 Å². The molecule has 19 nitrogen and oxygen atoms in total. The van der Waals surface area contributed by atoms with Crippen molar-refractivity contribution in [3.8, 4) is 23.0 Å². The van der Waals surface area contributed by atoms with Gasteiger partial charge in [-0.05, 0) is 302 Å². The van der Waals surface area contributed by atoms with E-state index in [0.717, 1.165) is 119 Å². The molecule has 750 valence electrons. The second-order valence-corrected chi connectivity index (χ2v) is 38.2. The zero-order valence-electron chi connectivity index (χ0n) is 75.8. The van der Waals surface area contributed by atoms with Gasteiger partial charge in [0, 0.05) is 132 Å². The third-order valence-corrected chi connectivity index (χ3v) is 24.7. The van der Waals surface area contributed by atoms with Crippen LogP contribution in [0.4, 0.5) is 88.9 Å². The average molecular weight is 2270 g/mol. The first-order valence-corrected chi connectivity index (χ1v) is 49.3. The van der Waals surface area contributed by atoms with Crippen LogP contribution in [-0.4, -0.2) is 59.2 Å². The Hall–Kier alpha value is -12.4. The average Bonchev–Trinajstić information content (AvgIpc) is 0.811. The summed E-state index contributed by atoms with van der Waals surface area (Å²) in [4.78, 5) is 54.7. The highest BCUT2D eigenvalue weighted by atomic mass is 35.5. The molecule has 0 spiro atoms. The topological polar surface area (TPSA) is 229 Å². The van der Waals surface area contributed by atoms with Crippen LogP contribution in [-0.2, 0) is 32.2 Å². The third kappa shape index (κ3) is 34.1. The summed E-state index contributed by atoms with van der Waals surface area (Å²) < 4.78 is 102. The summed E-state index contributed by atoms with van der Waals surface area (Å²) in [5.74, 6) is -0.937.